The summed E-state index contributed by atoms with van der Waals surface area (Å²) in [5.41, 5.74) is 5.30. The van der Waals surface area contributed by atoms with Gasteiger partial charge in [0.2, 0.25) is 5.82 Å². The van der Waals surface area contributed by atoms with E-state index in [4.69, 9.17) is 5.73 Å². The normalized spacial score (nSPS) is 16.9. The monoisotopic (exact) mass is 232 g/mol. The molecule has 0 aromatic carbocycles. The van der Waals surface area contributed by atoms with Gasteiger partial charge in [0.05, 0.1) is 0 Å². The van der Waals surface area contributed by atoms with Crippen LogP contribution in [0.1, 0.15) is 25.1 Å². The van der Waals surface area contributed by atoms with Crippen molar-refractivity contribution in [2.24, 2.45) is 0 Å². The van der Waals surface area contributed by atoms with Crippen molar-refractivity contribution in [3.8, 4) is 0 Å². The first-order valence-corrected chi connectivity index (χ1v) is 4.93. The number of halogens is 3. The van der Waals surface area contributed by atoms with Gasteiger partial charge in [-0.1, -0.05) is 0 Å². The fourth-order valence-corrected chi connectivity index (χ4v) is 1.43. The Hall–Kier alpha value is -1.53. The van der Waals surface area contributed by atoms with Gasteiger partial charge in [-0.25, -0.2) is 9.97 Å². The zero-order valence-electron chi connectivity index (χ0n) is 8.38. The number of nitrogens with zero attached hydrogens (tertiary/aromatic N) is 2. The summed E-state index contributed by atoms with van der Waals surface area (Å²) in [5.74, 6) is -1.23. The second kappa shape index (κ2) is 3.80. The highest BCUT2D eigenvalue weighted by molar-refractivity contribution is 5.45. The van der Waals surface area contributed by atoms with Gasteiger partial charge in [0, 0.05) is 12.1 Å². The lowest BCUT2D eigenvalue weighted by Gasteiger charge is -2.27. The highest BCUT2D eigenvalue weighted by Crippen LogP contribution is 2.29. The average Bonchev–Trinajstić information content (AvgIpc) is 2.09. The van der Waals surface area contributed by atoms with Gasteiger partial charge >= 0.3 is 6.18 Å². The van der Waals surface area contributed by atoms with Crippen molar-refractivity contribution < 1.29 is 13.2 Å². The average molecular weight is 232 g/mol. The fourth-order valence-electron chi connectivity index (χ4n) is 1.43. The molecule has 0 amide bonds. The minimum Gasteiger partial charge on any atom is -0.384 e. The van der Waals surface area contributed by atoms with E-state index in [0.717, 1.165) is 19.3 Å². The predicted octanol–water partition coefficient (Wildman–Crippen LogP) is 2.04. The molecule has 2 rings (SSSR count). The standard InChI is InChI=1S/C9H11F3N4/c10-9(11,12)8-15-6(13)4-7(16-8)14-5-2-1-3-5/h4-5H,1-3H2,(H3,13,14,15,16). The summed E-state index contributed by atoms with van der Waals surface area (Å²) in [6.45, 7) is 0. The zero-order chi connectivity index (χ0) is 11.8. The van der Waals surface area contributed by atoms with Crippen molar-refractivity contribution in [1.82, 2.24) is 9.97 Å². The lowest BCUT2D eigenvalue weighted by atomic mass is 9.93. The molecule has 1 heterocycles. The maximum atomic E-state index is 12.4. The number of hydrogen-bond donors (Lipinski definition) is 2. The Balaban J connectivity index is 2.21. The summed E-state index contributed by atoms with van der Waals surface area (Å²) in [7, 11) is 0. The van der Waals surface area contributed by atoms with Crippen LogP contribution in [0, 0.1) is 0 Å². The minimum atomic E-state index is -4.56. The maximum absolute atomic E-state index is 12.4. The van der Waals surface area contributed by atoms with Crippen LogP contribution in [0.5, 0.6) is 0 Å². The highest BCUT2D eigenvalue weighted by Gasteiger charge is 2.35. The molecular formula is C9H11F3N4. The van der Waals surface area contributed by atoms with Crippen LogP contribution in [0.15, 0.2) is 6.07 Å². The number of nitrogens with one attached hydrogen (secondary N) is 1. The van der Waals surface area contributed by atoms with Gasteiger partial charge < -0.3 is 11.1 Å². The van der Waals surface area contributed by atoms with Crippen LogP contribution in [0.3, 0.4) is 0 Å². The van der Waals surface area contributed by atoms with Crippen LogP contribution < -0.4 is 11.1 Å². The van der Waals surface area contributed by atoms with Crippen LogP contribution in [0.2, 0.25) is 0 Å². The lowest BCUT2D eigenvalue weighted by Crippen LogP contribution is -2.28. The summed E-state index contributed by atoms with van der Waals surface area (Å²) >= 11 is 0. The van der Waals surface area contributed by atoms with E-state index < -0.39 is 12.0 Å². The first kappa shape index (κ1) is 11.0. The number of nitrogen functional groups attached to an aromatic ring is 1. The SMILES string of the molecule is Nc1cc(NC2CCC2)nc(C(F)(F)F)n1. The van der Waals surface area contributed by atoms with E-state index in [0.29, 0.717) is 0 Å². The molecule has 0 radical (unpaired) electrons. The number of aromatic nitrogens is 2. The molecule has 0 saturated heterocycles. The summed E-state index contributed by atoms with van der Waals surface area (Å²) in [5, 5.41) is 2.90. The fraction of sp³-hybridized carbons (Fsp3) is 0.556. The molecule has 1 saturated carbocycles. The third kappa shape index (κ3) is 2.34. The number of nitrogens with two attached hydrogens (primary N) is 1. The molecule has 3 N–H and O–H groups in total. The lowest BCUT2D eigenvalue weighted by molar-refractivity contribution is -0.144. The van der Waals surface area contributed by atoms with Crippen LogP contribution in [-0.4, -0.2) is 16.0 Å². The Morgan fingerprint density at radius 2 is 2.00 bits per heavy atom. The molecule has 1 aliphatic carbocycles. The van der Waals surface area contributed by atoms with Crippen LogP contribution in [-0.2, 0) is 6.18 Å². The maximum Gasteiger partial charge on any atom is 0.451 e. The third-order valence-corrected chi connectivity index (χ3v) is 2.46. The Labute approximate surface area is 90.1 Å². The Morgan fingerprint density at radius 3 is 2.50 bits per heavy atom. The Kier molecular flexibility index (Phi) is 2.61. The quantitative estimate of drug-likeness (QED) is 0.819. The first-order valence-electron chi connectivity index (χ1n) is 4.93. The van der Waals surface area contributed by atoms with Crippen molar-refractivity contribution in [3.63, 3.8) is 0 Å². The van der Waals surface area contributed by atoms with Crippen LogP contribution in [0.4, 0.5) is 24.8 Å². The molecule has 0 unspecified atom stereocenters. The van der Waals surface area contributed by atoms with Gasteiger partial charge in [-0.2, -0.15) is 13.2 Å². The molecular weight excluding hydrogens is 221 g/mol. The number of alkyl halides is 3. The summed E-state index contributed by atoms with van der Waals surface area (Å²) in [6, 6.07) is 1.52. The zero-order valence-corrected chi connectivity index (χ0v) is 8.38. The molecule has 0 bridgehead atoms. The molecule has 4 nitrogen and oxygen atoms in total. The van der Waals surface area contributed by atoms with Gasteiger partial charge in [0.1, 0.15) is 11.6 Å². The van der Waals surface area contributed by atoms with Gasteiger partial charge in [0.15, 0.2) is 0 Å². The molecule has 0 spiro atoms. The number of rotatable bonds is 2. The van der Waals surface area contributed by atoms with E-state index in [1.807, 2.05) is 0 Å². The molecule has 0 aliphatic heterocycles. The van der Waals surface area contributed by atoms with Crippen molar-refractivity contribution in [2.75, 3.05) is 11.1 Å². The minimum absolute atomic E-state index is 0.143. The van der Waals surface area contributed by atoms with E-state index in [-0.39, 0.29) is 17.7 Å². The molecule has 0 atom stereocenters. The number of hydrogen-bond acceptors (Lipinski definition) is 4. The summed E-state index contributed by atoms with van der Waals surface area (Å²) in [6.07, 6.45) is -1.58. The van der Waals surface area contributed by atoms with Crippen LogP contribution in [0.25, 0.3) is 0 Å². The van der Waals surface area contributed by atoms with E-state index in [1.54, 1.807) is 0 Å². The highest BCUT2D eigenvalue weighted by atomic mass is 19.4. The largest absolute Gasteiger partial charge is 0.451 e. The van der Waals surface area contributed by atoms with Gasteiger partial charge in [-0.3, -0.25) is 0 Å². The van der Waals surface area contributed by atoms with Crippen LogP contribution >= 0.6 is 0 Å². The van der Waals surface area contributed by atoms with Crippen molar-refractivity contribution in [1.29, 1.82) is 0 Å². The summed E-state index contributed by atoms with van der Waals surface area (Å²) < 4.78 is 37.1. The molecule has 88 valence electrons. The second-order valence-corrected chi connectivity index (χ2v) is 3.77. The Morgan fingerprint density at radius 1 is 1.31 bits per heavy atom. The van der Waals surface area contributed by atoms with Crippen molar-refractivity contribution in [3.05, 3.63) is 11.9 Å². The topological polar surface area (TPSA) is 63.8 Å². The molecule has 1 fully saturated rings. The molecule has 16 heavy (non-hydrogen) atoms. The second-order valence-electron chi connectivity index (χ2n) is 3.77. The molecule has 1 aromatic rings. The predicted molar refractivity (Wildman–Crippen MR) is 52.7 cm³/mol. The van der Waals surface area contributed by atoms with Gasteiger partial charge in [-0.05, 0) is 19.3 Å². The number of anilines is 2. The van der Waals surface area contributed by atoms with Crippen molar-refractivity contribution >= 4 is 11.6 Å². The smallest absolute Gasteiger partial charge is 0.384 e. The van der Waals surface area contributed by atoms with Gasteiger partial charge in [-0.15, -0.1) is 0 Å². The van der Waals surface area contributed by atoms with Gasteiger partial charge in [0.25, 0.3) is 0 Å². The van der Waals surface area contributed by atoms with E-state index in [2.05, 4.69) is 15.3 Å². The van der Waals surface area contributed by atoms with E-state index >= 15 is 0 Å². The third-order valence-electron chi connectivity index (χ3n) is 2.46. The summed E-state index contributed by atoms with van der Waals surface area (Å²) in [4.78, 5) is 6.56. The molecule has 7 heteroatoms. The molecule has 1 aliphatic rings. The Bertz CT molecular complexity index is 387. The van der Waals surface area contributed by atoms with Crippen molar-refractivity contribution in [2.45, 2.75) is 31.5 Å². The van der Waals surface area contributed by atoms with E-state index in [1.165, 1.54) is 6.07 Å². The van der Waals surface area contributed by atoms with E-state index in [9.17, 15) is 13.2 Å². The first-order chi connectivity index (χ1) is 7.45. The molecule has 1 aromatic heterocycles.